The molecule has 0 radical (unpaired) electrons. The van der Waals surface area contributed by atoms with E-state index in [0.29, 0.717) is 23.0 Å². The van der Waals surface area contributed by atoms with Gasteiger partial charge in [0.2, 0.25) is 0 Å². The summed E-state index contributed by atoms with van der Waals surface area (Å²) < 4.78 is 10.4. The van der Waals surface area contributed by atoms with E-state index in [1.165, 1.54) is 23.2 Å². The zero-order chi connectivity index (χ0) is 21.8. The summed E-state index contributed by atoms with van der Waals surface area (Å²) in [4.78, 5) is 29.9. The van der Waals surface area contributed by atoms with Crippen LogP contribution in [-0.4, -0.2) is 54.9 Å². The minimum atomic E-state index is -0.328. The summed E-state index contributed by atoms with van der Waals surface area (Å²) in [6, 6.07) is 15.1. The smallest absolute Gasteiger partial charge is 0.291 e. The monoisotopic (exact) mass is 439 g/mol. The highest BCUT2D eigenvalue weighted by molar-refractivity contribution is 7.18. The van der Waals surface area contributed by atoms with Crippen LogP contribution in [0.1, 0.15) is 38.8 Å². The Balaban J connectivity index is 1.33. The number of piperazine rings is 1. The first kappa shape index (κ1) is 21.1. The van der Waals surface area contributed by atoms with Crippen LogP contribution in [0.25, 0.3) is 0 Å². The molecule has 1 aliphatic rings. The number of ether oxygens (including phenoxy) is 1. The lowest BCUT2D eigenvalue weighted by Crippen LogP contribution is -2.49. The largest absolute Gasteiger partial charge is 0.497 e. The average Bonchev–Trinajstić information content (AvgIpc) is 3.51. The summed E-state index contributed by atoms with van der Waals surface area (Å²) in [7, 11) is 1.67. The highest BCUT2D eigenvalue weighted by Gasteiger charge is 2.26. The number of hydrogen-bond acceptors (Lipinski definition) is 6. The van der Waals surface area contributed by atoms with Gasteiger partial charge in [0.25, 0.3) is 11.8 Å². The van der Waals surface area contributed by atoms with E-state index in [9.17, 15) is 9.59 Å². The van der Waals surface area contributed by atoms with Crippen LogP contribution in [-0.2, 0) is 0 Å². The topological polar surface area (TPSA) is 75.0 Å². The van der Waals surface area contributed by atoms with Crippen molar-refractivity contribution in [1.29, 1.82) is 0 Å². The van der Waals surface area contributed by atoms with E-state index in [1.807, 2.05) is 17.0 Å². The van der Waals surface area contributed by atoms with Gasteiger partial charge >= 0.3 is 0 Å². The highest BCUT2D eigenvalue weighted by Crippen LogP contribution is 2.27. The molecule has 7 nitrogen and oxygen atoms in total. The normalized spacial score (nSPS) is 15.5. The Labute approximate surface area is 185 Å². The van der Waals surface area contributed by atoms with Gasteiger partial charge in [-0.25, -0.2) is 0 Å². The molecule has 2 aromatic heterocycles. The number of thiophene rings is 1. The van der Waals surface area contributed by atoms with Crippen molar-refractivity contribution in [2.45, 2.75) is 13.0 Å². The summed E-state index contributed by atoms with van der Waals surface area (Å²) in [5.41, 5.74) is 1.20. The van der Waals surface area contributed by atoms with E-state index in [0.717, 1.165) is 18.8 Å². The van der Waals surface area contributed by atoms with Crippen molar-refractivity contribution in [1.82, 2.24) is 9.80 Å². The second-order valence-corrected chi connectivity index (χ2v) is 8.46. The van der Waals surface area contributed by atoms with Crippen LogP contribution < -0.4 is 10.1 Å². The standard InChI is InChI=1S/C23H25N3O4S/c1-16(17-5-3-6-18(15-17)29-2)25-10-12-26(13-11-25)23(28)20-8-9-21(31-20)24-22(27)19-7-4-14-30-19/h3-9,14-16H,10-13H2,1-2H3,(H,24,27). The summed E-state index contributed by atoms with van der Waals surface area (Å²) >= 11 is 1.28. The van der Waals surface area contributed by atoms with Crippen molar-refractivity contribution < 1.29 is 18.7 Å². The Bertz CT molecular complexity index is 1040. The van der Waals surface area contributed by atoms with Crippen LogP contribution in [0.4, 0.5) is 5.00 Å². The van der Waals surface area contributed by atoms with Crippen molar-refractivity contribution in [3.63, 3.8) is 0 Å². The van der Waals surface area contributed by atoms with Crippen LogP contribution in [0.5, 0.6) is 5.75 Å². The molecule has 1 N–H and O–H groups in total. The first-order chi connectivity index (χ1) is 15.0. The lowest BCUT2D eigenvalue weighted by atomic mass is 10.1. The van der Waals surface area contributed by atoms with Crippen LogP contribution in [0.15, 0.2) is 59.2 Å². The fraction of sp³-hybridized carbons (Fsp3) is 0.304. The van der Waals surface area contributed by atoms with E-state index in [2.05, 4.69) is 29.3 Å². The molecule has 0 bridgehead atoms. The Morgan fingerprint density at radius 1 is 1.10 bits per heavy atom. The van der Waals surface area contributed by atoms with Crippen molar-refractivity contribution in [3.8, 4) is 5.75 Å². The molecule has 1 saturated heterocycles. The molecule has 0 aliphatic carbocycles. The lowest BCUT2D eigenvalue weighted by Gasteiger charge is -2.38. The number of nitrogens with zero attached hydrogens (tertiary/aromatic N) is 2. The minimum absolute atomic E-state index is 0.00261. The van der Waals surface area contributed by atoms with Crippen molar-refractivity contribution >= 4 is 28.2 Å². The number of methoxy groups -OCH3 is 1. The lowest BCUT2D eigenvalue weighted by molar-refractivity contribution is 0.0586. The number of anilines is 1. The second-order valence-electron chi connectivity index (χ2n) is 7.38. The molecule has 0 saturated carbocycles. The Hall–Kier alpha value is -3.10. The van der Waals surface area contributed by atoms with Gasteiger partial charge in [-0.2, -0.15) is 0 Å². The number of carbonyl (C=O) groups is 2. The van der Waals surface area contributed by atoms with E-state index in [1.54, 1.807) is 31.4 Å². The molecular weight excluding hydrogens is 414 g/mol. The quantitative estimate of drug-likeness (QED) is 0.625. The van der Waals surface area contributed by atoms with Gasteiger partial charge in [-0.1, -0.05) is 12.1 Å². The van der Waals surface area contributed by atoms with Crippen LogP contribution in [0, 0.1) is 0 Å². The molecule has 2 amide bonds. The van der Waals surface area contributed by atoms with E-state index in [4.69, 9.17) is 9.15 Å². The predicted octanol–water partition coefficient (Wildman–Crippen LogP) is 4.12. The van der Waals surface area contributed by atoms with Gasteiger partial charge < -0.3 is 19.4 Å². The molecule has 1 fully saturated rings. The van der Waals surface area contributed by atoms with Crippen molar-refractivity contribution in [2.24, 2.45) is 0 Å². The molecule has 3 heterocycles. The molecule has 1 atom stereocenters. The fourth-order valence-corrected chi connectivity index (χ4v) is 4.55. The number of furan rings is 1. The van der Waals surface area contributed by atoms with Gasteiger partial charge in [0.1, 0.15) is 5.75 Å². The number of hydrogen-bond donors (Lipinski definition) is 1. The Morgan fingerprint density at radius 3 is 2.61 bits per heavy atom. The van der Waals surface area contributed by atoms with Crippen molar-refractivity contribution in [2.75, 3.05) is 38.6 Å². The molecule has 1 unspecified atom stereocenters. The van der Waals surface area contributed by atoms with E-state index in [-0.39, 0.29) is 23.6 Å². The van der Waals surface area contributed by atoms with E-state index >= 15 is 0 Å². The maximum atomic E-state index is 12.9. The van der Waals surface area contributed by atoms with Gasteiger partial charge in [0.05, 0.1) is 23.3 Å². The minimum Gasteiger partial charge on any atom is -0.497 e. The Morgan fingerprint density at radius 2 is 1.90 bits per heavy atom. The molecule has 8 heteroatoms. The number of benzene rings is 1. The zero-order valence-electron chi connectivity index (χ0n) is 17.5. The molecule has 31 heavy (non-hydrogen) atoms. The second kappa shape index (κ2) is 9.36. The third-order valence-electron chi connectivity index (χ3n) is 5.52. The first-order valence-corrected chi connectivity index (χ1v) is 11.0. The fourth-order valence-electron chi connectivity index (χ4n) is 3.68. The van der Waals surface area contributed by atoms with Gasteiger partial charge in [0.15, 0.2) is 5.76 Å². The maximum absolute atomic E-state index is 12.9. The number of carbonyl (C=O) groups excluding carboxylic acids is 2. The van der Waals surface area contributed by atoms with Crippen LogP contribution in [0.3, 0.4) is 0 Å². The predicted molar refractivity (Wildman–Crippen MR) is 120 cm³/mol. The highest BCUT2D eigenvalue weighted by atomic mass is 32.1. The van der Waals surface area contributed by atoms with Gasteiger partial charge in [-0.05, 0) is 48.9 Å². The molecule has 4 rings (SSSR count). The van der Waals surface area contributed by atoms with E-state index < -0.39 is 0 Å². The molecule has 162 valence electrons. The zero-order valence-corrected chi connectivity index (χ0v) is 18.4. The summed E-state index contributed by atoms with van der Waals surface area (Å²) in [6.45, 7) is 5.12. The molecule has 1 aliphatic heterocycles. The summed E-state index contributed by atoms with van der Waals surface area (Å²) in [6.07, 6.45) is 1.45. The molecular formula is C23H25N3O4S. The molecule has 3 aromatic rings. The first-order valence-electron chi connectivity index (χ1n) is 10.2. The summed E-state index contributed by atoms with van der Waals surface area (Å²) in [5, 5.41) is 3.39. The third kappa shape index (κ3) is 4.81. The molecule has 0 spiro atoms. The molecule has 1 aromatic carbocycles. The van der Waals surface area contributed by atoms with Gasteiger partial charge in [-0.3, -0.25) is 14.5 Å². The number of rotatable bonds is 6. The number of amides is 2. The maximum Gasteiger partial charge on any atom is 0.291 e. The van der Waals surface area contributed by atoms with Crippen LogP contribution in [0.2, 0.25) is 0 Å². The van der Waals surface area contributed by atoms with Gasteiger partial charge in [0, 0.05) is 32.2 Å². The summed E-state index contributed by atoms with van der Waals surface area (Å²) in [5.74, 6) is 0.761. The van der Waals surface area contributed by atoms with Crippen LogP contribution >= 0.6 is 11.3 Å². The van der Waals surface area contributed by atoms with Gasteiger partial charge in [-0.15, -0.1) is 11.3 Å². The Kier molecular flexibility index (Phi) is 6.39. The SMILES string of the molecule is COc1cccc(C(C)N2CCN(C(=O)c3ccc(NC(=O)c4ccco4)s3)CC2)c1. The average molecular weight is 440 g/mol. The number of nitrogens with one attached hydrogen (secondary N) is 1. The van der Waals surface area contributed by atoms with Crippen molar-refractivity contribution in [3.05, 3.63) is 71.0 Å². The third-order valence-corrected chi connectivity index (χ3v) is 6.51.